The summed E-state index contributed by atoms with van der Waals surface area (Å²) in [7, 11) is 0. The van der Waals surface area contributed by atoms with Crippen molar-refractivity contribution < 1.29 is 40.7 Å². The summed E-state index contributed by atoms with van der Waals surface area (Å²) < 4.78 is 80.3. The van der Waals surface area contributed by atoms with Gasteiger partial charge in [0.25, 0.3) is 11.8 Å². The minimum atomic E-state index is -5.08. The quantitative estimate of drug-likeness (QED) is 0.273. The molecule has 0 radical (unpaired) electrons. The van der Waals surface area contributed by atoms with Crippen LogP contribution in [0.2, 0.25) is 0 Å². The number of hydrogen-bond acceptors (Lipinski definition) is 3. The Kier molecular flexibility index (Phi) is 9.63. The second-order valence-electron chi connectivity index (χ2n) is 9.41. The molecule has 13 heteroatoms. The van der Waals surface area contributed by atoms with Gasteiger partial charge in [0.15, 0.2) is 0 Å². The van der Waals surface area contributed by atoms with Crippen LogP contribution in [0.4, 0.5) is 26.3 Å². The monoisotopic (exact) mass is 577 g/mol. The first-order chi connectivity index (χ1) is 18.1. The van der Waals surface area contributed by atoms with Crippen LogP contribution in [0.1, 0.15) is 54.1 Å². The largest absolute Gasteiger partial charge is 0.416 e. The number of nitrogens with zero attached hydrogens (tertiary/aromatic N) is 2. The third-order valence-corrected chi connectivity index (χ3v) is 6.69. The van der Waals surface area contributed by atoms with Gasteiger partial charge in [-0.1, -0.05) is 23.8 Å². The molecule has 3 amide bonds. The highest BCUT2D eigenvalue weighted by Crippen LogP contribution is 2.37. The van der Waals surface area contributed by atoms with Crippen molar-refractivity contribution in [2.24, 2.45) is 10.9 Å². The Morgan fingerprint density at radius 2 is 1.74 bits per heavy atom. The van der Waals surface area contributed by atoms with Gasteiger partial charge in [-0.05, 0) is 49.8 Å². The standard InChI is InChI=1S/C26H26ClF6N3O3/c1-15(37)34-14-23(38)35-13-17-6-7-36(22(9-17)8-16-2-4-21(27)5-3-16)24(39)18-10-19(25(28,29)30)12-20(11-18)26(31,32)33/h2-4,10-13,17,21-22H,5-9,14H2,1H3,(H,34,37)/t17?,21?,22-/m1/s1. The Balaban J connectivity index is 1.88. The molecule has 2 unspecified atom stereocenters. The van der Waals surface area contributed by atoms with Gasteiger partial charge in [-0.25, -0.2) is 4.99 Å². The molecular weight excluding hydrogens is 552 g/mol. The van der Waals surface area contributed by atoms with Crippen LogP contribution >= 0.6 is 11.6 Å². The van der Waals surface area contributed by atoms with E-state index in [0.717, 1.165) is 5.57 Å². The summed E-state index contributed by atoms with van der Waals surface area (Å²) >= 11 is 6.07. The average molecular weight is 578 g/mol. The number of allylic oxidation sites excluding steroid dienone is 3. The van der Waals surface area contributed by atoms with Crippen molar-refractivity contribution in [3.05, 3.63) is 58.7 Å². The number of carbonyl (C=O) groups excluding carboxylic acids is 3. The molecule has 1 aliphatic carbocycles. The highest BCUT2D eigenvalue weighted by Gasteiger charge is 2.39. The summed E-state index contributed by atoms with van der Waals surface area (Å²) in [6.45, 7) is 0.977. The maximum absolute atomic E-state index is 13.4. The maximum atomic E-state index is 13.4. The minimum absolute atomic E-state index is 0.0187. The first kappa shape index (κ1) is 30.4. The third-order valence-electron chi connectivity index (χ3n) is 6.37. The summed E-state index contributed by atoms with van der Waals surface area (Å²) in [4.78, 5) is 41.4. The Morgan fingerprint density at radius 3 is 2.28 bits per heavy atom. The zero-order chi connectivity index (χ0) is 29.0. The van der Waals surface area contributed by atoms with Crippen LogP contribution in [0.3, 0.4) is 0 Å². The molecule has 0 bridgehead atoms. The molecule has 1 N–H and O–H groups in total. The lowest BCUT2D eigenvalue weighted by Gasteiger charge is -2.39. The number of aliphatic imine (C=N–C) groups is 1. The Hall–Kier alpha value is -3.15. The number of halogens is 7. The number of nitrogens with one attached hydrogen (secondary N) is 1. The fraction of sp³-hybridized carbons (Fsp3) is 0.462. The normalized spacial score (nSPS) is 22.1. The van der Waals surface area contributed by atoms with E-state index in [1.807, 2.05) is 6.08 Å². The first-order valence-electron chi connectivity index (χ1n) is 12.1. The van der Waals surface area contributed by atoms with Crippen LogP contribution in [-0.4, -0.2) is 53.3 Å². The van der Waals surface area contributed by atoms with Crippen LogP contribution in [-0.2, 0) is 21.9 Å². The molecule has 0 spiro atoms. The predicted molar refractivity (Wildman–Crippen MR) is 132 cm³/mol. The van der Waals surface area contributed by atoms with Crippen LogP contribution in [0.25, 0.3) is 0 Å². The van der Waals surface area contributed by atoms with Crippen molar-refractivity contribution in [1.29, 1.82) is 0 Å². The number of carbonyl (C=O) groups is 3. The van der Waals surface area contributed by atoms with Gasteiger partial charge in [0.2, 0.25) is 5.91 Å². The predicted octanol–water partition coefficient (Wildman–Crippen LogP) is 5.56. The molecule has 0 saturated carbocycles. The van der Waals surface area contributed by atoms with Gasteiger partial charge in [-0.15, -0.1) is 11.6 Å². The van der Waals surface area contributed by atoms with E-state index in [9.17, 15) is 40.7 Å². The Bertz CT molecular complexity index is 1160. The zero-order valence-electron chi connectivity index (χ0n) is 20.8. The molecule has 212 valence electrons. The van der Waals surface area contributed by atoms with Crippen LogP contribution in [0.5, 0.6) is 0 Å². The average Bonchev–Trinajstić information content (AvgIpc) is 2.86. The molecule has 3 rings (SSSR count). The number of alkyl halides is 7. The molecule has 1 aliphatic heterocycles. The number of amides is 3. The van der Waals surface area contributed by atoms with E-state index in [4.69, 9.17) is 11.6 Å². The van der Waals surface area contributed by atoms with Crippen LogP contribution in [0.15, 0.2) is 47.0 Å². The van der Waals surface area contributed by atoms with Gasteiger partial charge in [0, 0.05) is 31.3 Å². The molecule has 1 aromatic carbocycles. The summed E-state index contributed by atoms with van der Waals surface area (Å²) in [5.74, 6) is -2.23. The van der Waals surface area contributed by atoms with E-state index in [2.05, 4.69) is 10.3 Å². The molecule has 1 aromatic rings. The molecule has 0 aromatic heterocycles. The summed E-state index contributed by atoms with van der Waals surface area (Å²) in [6.07, 6.45) is -2.02. The molecule has 39 heavy (non-hydrogen) atoms. The lowest BCUT2D eigenvalue weighted by molar-refractivity contribution is -0.143. The first-order valence-corrected chi connectivity index (χ1v) is 12.5. The van der Waals surface area contributed by atoms with Crippen LogP contribution < -0.4 is 5.32 Å². The number of rotatable bonds is 6. The van der Waals surface area contributed by atoms with E-state index in [1.54, 1.807) is 12.2 Å². The molecule has 1 fully saturated rings. The number of piperidine rings is 1. The minimum Gasteiger partial charge on any atom is -0.347 e. The maximum Gasteiger partial charge on any atom is 0.416 e. The summed E-state index contributed by atoms with van der Waals surface area (Å²) in [5.41, 5.74) is -3.03. The Labute approximate surface area is 225 Å². The van der Waals surface area contributed by atoms with E-state index in [1.165, 1.54) is 18.0 Å². The van der Waals surface area contributed by atoms with E-state index >= 15 is 0 Å². The molecule has 3 atom stereocenters. The van der Waals surface area contributed by atoms with Crippen molar-refractivity contribution in [3.8, 4) is 0 Å². The van der Waals surface area contributed by atoms with E-state index in [0.29, 0.717) is 18.6 Å². The fourth-order valence-corrected chi connectivity index (χ4v) is 4.58. The second kappa shape index (κ2) is 12.4. The van der Waals surface area contributed by atoms with E-state index < -0.39 is 52.8 Å². The smallest absolute Gasteiger partial charge is 0.347 e. The fourth-order valence-electron chi connectivity index (χ4n) is 4.42. The van der Waals surface area contributed by atoms with Crippen LogP contribution in [0, 0.1) is 5.92 Å². The van der Waals surface area contributed by atoms with Crippen molar-refractivity contribution in [2.45, 2.75) is 56.4 Å². The molecule has 1 heterocycles. The topological polar surface area (TPSA) is 78.8 Å². The highest BCUT2D eigenvalue weighted by atomic mass is 35.5. The lowest BCUT2D eigenvalue weighted by Crippen LogP contribution is -2.46. The van der Waals surface area contributed by atoms with Gasteiger partial charge >= 0.3 is 12.4 Å². The van der Waals surface area contributed by atoms with Crippen molar-refractivity contribution >= 4 is 35.5 Å². The van der Waals surface area contributed by atoms with Crippen molar-refractivity contribution in [1.82, 2.24) is 10.2 Å². The van der Waals surface area contributed by atoms with Crippen molar-refractivity contribution in [3.63, 3.8) is 0 Å². The third kappa shape index (κ3) is 8.67. The van der Waals surface area contributed by atoms with E-state index in [-0.39, 0.29) is 49.7 Å². The molecular formula is C26H26ClF6N3O3. The lowest BCUT2D eigenvalue weighted by atomic mass is 9.86. The van der Waals surface area contributed by atoms with Crippen molar-refractivity contribution in [2.75, 3.05) is 13.1 Å². The zero-order valence-corrected chi connectivity index (χ0v) is 21.5. The van der Waals surface area contributed by atoms with Gasteiger partial charge in [0.05, 0.1) is 23.0 Å². The summed E-state index contributed by atoms with van der Waals surface area (Å²) in [5, 5.41) is 2.12. The van der Waals surface area contributed by atoms with Gasteiger partial charge in [-0.2, -0.15) is 26.3 Å². The highest BCUT2D eigenvalue weighted by molar-refractivity contribution is 6.22. The molecule has 2 aliphatic rings. The number of hydrogen-bond donors (Lipinski definition) is 1. The Morgan fingerprint density at radius 1 is 1.10 bits per heavy atom. The van der Waals surface area contributed by atoms with Gasteiger partial charge in [-0.3, -0.25) is 14.4 Å². The second-order valence-corrected chi connectivity index (χ2v) is 9.97. The SMILES string of the molecule is CC(=O)NCC(=O)N=CC1CCN(C(=O)c2cc(C(F)(F)F)cc(C(F)(F)F)c2)[C@H](CC2=CCC(Cl)C=C2)C1. The molecule has 6 nitrogen and oxygen atoms in total. The number of benzene rings is 1. The van der Waals surface area contributed by atoms with Gasteiger partial charge in [0.1, 0.15) is 0 Å². The molecule has 1 saturated heterocycles. The van der Waals surface area contributed by atoms with Gasteiger partial charge < -0.3 is 10.2 Å². The summed E-state index contributed by atoms with van der Waals surface area (Å²) in [6, 6.07) is 0.246. The number of likely N-dealkylation sites (tertiary alicyclic amines) is 1.